The minimum atomic E-state index is 0.0442. The molecule has 0 saturated heterocycles. The van der Waals surface area contributed by atoms with Crippen molar-refractivity contribution >= 4 is 23.4 Å². The average Bonchev–Trinajstić information content (AvgIpc) is 2.30. The largest absolute Gasteiger partial charge is 0.330 e. The summed E-state index contributed by atoms with van der Waals surface area (Å²) in [6.45, 7) is 4.79. The van der Waals surface area contributed by atoms with Crippen LogP contribution in [0.2, 0.25) is 0 Å². The summed E-state index contributed by atoms with van der Waals surface area (Å²) >= 11 is 1.64. The van der Waals surface area contributed by atoms with Gasteiger partial charge in [0, 0.05) is 10.9 Å². The smallest absolute Gasteiger partial charge is 0.234 e. The summed E-state index contributed by atoms with van der Waals surface area (Å²) in [6, 6.07) is 7.81. The number of aryl methyl sites for hydroxylation is 1. The second-order valence-electron chi connectivity index (χ2n) is 4.11. The number of hydrogen-bond acceptors (Lipinski definition) is 3. The van der Waals surface area contributed by atoms with Gasteiger partial charge in [-0.1, -0.05) is 24.6 Å². The predicted octanol–water partition coefficient (Wildman–Crippen LogP) is 2.40. The Hall–Kier alpha value is -1.00. The molecular weight excluding hydrogens is 232 g/mol. The molecule has 0 aliphatic rings. The SMILES string of the molecule is Cc1ccc(NC(=O)CSC(C)CCN)cc1. The third-order valence-electron chi connectivity index (χ3n) is 2.41. The molecule has 1 aromatic rings. The van der Waals surface area contributed by atoms with Crippen LogP contribution in [0.4, 0.5) is 5.69 Å². The number of thioether (sulfide) groups is 1. The molecule has 0 aliphatic heterocycles. The fraction of sp³-hybridized carbons (Fsp3) is 0.462. The summed E-state index contributed by atoms with van der Waals surface area (Å²) in [4.78, 5) is 11.6. The molecular formula is C13H20N2OS. The van der Waals surface area contributed by atoms with Gasteiger partial charge >= 0.3 is 0 Å². The van der Waals surface area contributed by atoms with Crippen LogP contribution in [0, 0.1) is 6.92 Å². The van der Waals surface area contributed by atoms with Crippen LogP contribution in [-0.2, 0) is 4.79 Å². The van der Waals surface area contributed by atoms with E-state index in [1.807, 2.05) is 31.2 Å². The molecule has 0 fully saturated rings. The molecule has 3 nitrogen and oxygen atoms in total. The fourth-order valence-electron chi connectivity index (χ4n) is 1.37. The minimum Gasteiger partial charge on any atom is -0.330 e. The summed E-state index contributed by atoms with van der Waals surface area (Å²) in [7, 11) is 0. The van der Waals surface area contributed by atoms with Crippen molar-refractivity contribution < 1.29 is 4.79 Å². The standard InChI is InChI=1S/C13H20N2OS/c1-10-3-5-12(6-4-10)15-13(16)9-17-11(2)7-8-14/h3-6,11H,7-9,14H2,1-2H3,(H,15,16). The van der Waals surface area contributed by atoms with Gasteiger partial charge in [-0.15, -0.1) is 11.8 Å². The molecule has 1 aromatic carbocycles. The molecule has 0 aliphatic carbocycles. The number of carbonyl (C=O) groups is 1. The van der Waals surface area contributed by atoms with Crippen molar-refractivity contribution in [2.24, 2.45) is 5.73 Å². The van der Waals surface area contributed by atoms with Crippen LogP contribution in [0.3, 0.4) is 0 Å². The van der Waals surface area contributed by atoms with Crippen molar-refractivity contribution in [3.8, 4) is 0 Å². The number of anilines is 1. The van der Waals surface area contributed by atoms with E-state index in [4.69, 9.17) is 5.73 Å². The topological polar surface area (TPSA) is 55.1 Å². The number of hydrogen-bond donors (Lipinski definition) is 2. The lowest BCUT2D eigenvalue weighted by molar-refractivity contribution is -0.113. The van der Waals surface area contributed by atoms with Gasteiger partial charge < -0.3 is 11.1 Å². The molecule has 1 unspecified atom stereocenters. The molecule has 17 heavy (non-hydrogen) atoms. The molecule has 94 valence electrons. The van der Waals surface area contributed by atoms with E-state index in [0.717, 1.165) is 12.1 Å². The number of amides is 1. The molecule has 4 heteroatoms. The number of rotatable bonds is 6. The Bertz CT molecular complexity index is 351. The lowest BCUT2D eigenvalue weighted by atomic mass is 10.2. The van der Waals surface area contributed by atoms with Crippen molar-refractivity contribution in [2.45, 2.75) is 25.5 Å². The summed E-state index contributed by atoms with van der Waals surface area (Å²) in [6.07, 6.45) is 0.947. The zero-order valence-corrected chi connectivity index (χ0v) is 11.2. The predicted molar refractivity (Wildman–Crippen MR) is 75.4 cm³/mol. The first-order chi connectivity index (χ1) is 8.11. The van der Waals surface area contributed by atoms with Gasteiger partial charge in [-0.2, -0.15) is 0 Å². The van der Waals surface area contributed by atoms with E-state index in [1.165, 1.54) is 5.56 Å². The normalized spacial score (nSPS) is 12.2. The van der Waals surface area contributed by atoms with Gasteiger partial charge in [0.15, 0.2) is 0 Å². The molecule has 1 rings (SSSR count). The summed E-state index contributed by atoms with van der Waals surface area (Å²) in [5, 5.41) is 3.31. The van der Waals surface area contributed by atoms with Crippen LogP contribution in [-0.4, -0.2) is 23.5 Å². The third kappa shape index (κ3) is 5.75. The molecule has 0 heterocycles. The van der Waals surface area contributed by atoms with Crippen molar-refractivity contribution in [1.29, 1.82) is 0 Å². The highest BCUT2D eigenvalue weighted by molar-refractivity contribution is 8.00. The molecule has 1 amide bonds. The van der Waals surface area contributed by atoms with E-state index in [-0.39, 0.29) is 5.91 Å². The van der Waals surface area contributed by atoms with Crippen molar-refractivity contribution in [1.82, 2.24) is 0 Å². The van der Waals surface area contributed by atoms with E-state index in [0.29, 0.717) is 17.5 Å². The van der Waals surface area contributed by atoms with Crippen LogP contribution in [0.1, 0.15) is 18.9 Å². The Morgan fingerprint density at radius 1 is 1.41 bits per heavy atom. The van der Waals surface area contributed by atoms with Gasteiger partial charge in [0.05, 0.1) is 5.75 Å². The fourth-order valence-corrected chi connectivity index (χ4v) is 2.18. The highest BCUT2D eigenvalue weighted by Crippen LogP contribution is 2.14. The van der Waals surface area contributed by atoms with Crippen molar-refractivity contribution in [3.05, 3.63) is 29.8 Å². The Labute approximate surface area is 107 Å². The zero-order valence-electron chi connectivity index (χ0n) is 10.4. The molecule has 1 atom stereocenters. The van der Waals surface area contributed by atoms with E-state index in [2.05, 4.69) is 12.2 Å². The first kappa shape index (κ1) is 14.1. The lowest BCUT2D eigenvalue weighted by Gasteiger charge is -2.10. The van der Waals surface area contributed by atoms with E-state index in [9.17, 15) is 4.79 Å². The number of nitrogens with two attached hydrogens (primary N) is 1. The van der Waals surface area contributed by atoms with E-state index >= 15 is 0 Å². The van der Waals surface area contributed by atoms with Gasteiger partial charge in [-0.05, 0) is 32.0 Å². The maximum atomic E-state index is 11.6. The van der Waals surface area contributed by atoms with Gasteiger partial charge in [0.25, 0.3) is 0 Å². The number of benzene rings is 1. The molecule has 0 saturated carbocycles. The Balaban J connectivity index is 2.32. The van der Waals surface area contributed by atoms with Crippen molar-refractivity contribution in [2.75, 3.05) is 17.6 Å². The van der Waals surface area contributed by atoms with Crippen LogP contribution in [0.15, 0.2) is 24.3 Å². The molecule has 0 bridgehead atoms. The molecule has 0 aromatic heterocycles. The van der Waals surface area contributed by atoms with Gasteiger partial charge in [0.2, 0.25) is 5.91 Å². The second-order valence-corrected chi connectivity index (χ2v) is 5.54. The molecule has 0 spiro atoms. The zero-order chi connectivity index (χ0) is 12.7. The van der Waals surface area contributed by atoms with Crippen LogP contribution >= 0.6 is 11.8 Å². The number of nitrogens with one attached hydrogen (secondary N) is 1. The summed E-state index contributed by atoms with van der Waals surface area (Å²) < 4.78 is 0. The maximum absolute atomic E-state index is 11.6. The Morgan fingerprint density at radius 2 is 2.06 bits per heavy atom. The second kappa shape index (κ2) is 7.35. The summed E-state index contributed by atoms with van der Waals surface area (Å²) in [5.41, 5.74) is 7.50. The Morgan fingerprint density at radius 3 is 2.65 bits per heavy atom. The Kier molecular flexibility index (Phi) is 6.08. The monoisotopic (exact) mass is 252 g/mol. The maximum Gasteiger partial charge on any atom is 0.234 e. The quantitative estimate of drug-likeness (QED) is 0.817. The van der Waals surface area contributed by atoms with Crippen LogP contribution in [0.25, 0.3) is 0 Å². The molecule has 3 N–H and O–H groups in total. The lowest BCUT2D eigenvalue weighted by Crippen LogP contribution is -2.16. The third-order valence-corrected chi connectivity index (χ3v) is 3.64. The first-order valence-corrected chi connectivity index (χ1v) is 6.85. The minimum absolute atomic E-state index is 0.0442. The van der Waals surface area contributed by atoms with E-state index in [1.54, 1.807) is 11.8 Å². The highest BCUT2D eigenvalue weighted by Gasteiger charge is 2.06. The average molecular weight is 252 g/mol. The molecule has 0 radical (unpaired) electrons. The van der Waals surface area contributed by atoms with Crippen LogP contribution < -0.4 is 11.1 Å². The number of carbonyl (C=O) groups excluding carboxylic acids is 1. The summed E-state index contributed by atoms with van der Waals surface area (Å²) in [5.74, 6) is 0.525. The highest BCUT2D eigenvalue weighted by atomic mass is 32.2. The van der Waals surface area contributed by atoms with Crippen LogP contribution in [0.5, 0.6) is 0 Å². The van der Waals surface area contributed by atoms with E-state index < -0.39 is 0 Å². The first-order valence-electron chi connectivity index (χ1n) is 5.80. The van der Waals surface area contributed by atoms with Gasteiger partial charge in [0.1, 0.15) is 0 Å². The van der Waals surface area contributed by atoms with Gasteiger partial charge in [-0.25, -0.2) is 0 Å². The van der Waals surface area contributed by atoms with Crippen molar-refractivity contribution in [3.63, 3.8) is 0 Å². The van der Waals surface area contributed by atoms with Gasteiger partial charge in [-0.3, -0.25) is 4.79 Å².